The molecule has 1 nitrogen and oxygen atoms in total. The number of carbonyl (C=O) groups excluding carboxylic acids is 1. The summed E-state index contributed by atoms with van der Waals surface area (Å²) in [6, 6.07) is 16.6. The summed E-state index contributed by atoms with van der Waals surface area (Å²) in [5.74, 6) is 1.50. The molecule has 0 aliphatic heterocycles. The van der Waals surface area contributed by atoms with Gasteiger partial charge in [0.2, 0.25) is 0 Å². The molecule has 3 unspecified atom stereocenters. The fourth-order valence-electron chi connectivity index (χ4n) is 3.85. The van der Waals surface area contributed by atoms with Gasteiger partial charge in [-0.25, -0.2) is 0 Å². The SMILES string of the molecule is CC1=C(C)C(C)c2ccccc21.CC1C(=O)c2ccccc2C1C. The normalized spacial score (nSPS) is 24.4. The van der Waals surface area contributed by atoms with E-state index in [-0.39, 0.29) is 5.92 Å². The van der Waals surface area contributed by atoms with Gasteiger partial charge in [-0.05, 0) is 42.0 Å². The lowest BCUT2D eigenvalue weighted by Gasteiger charge is -2.06. The number of allylic oxidation sites excluding steroid dienone is 2. The van der Waals surface area contributed by atoms with Crippen molar-refractivity contribution in [2.24, 2.45) is 5.92 Å². The van der Waals surface area contributed by atoms with Crippen molar-refractivity contribution in [1.82, 2.24) is 0 Å². The molecule has 0 amide bonds. The highest BCUT2D eigenvalue weighted by atomic mass is 16.1. The largest absolute Gasteiger partial charge is 0.294 e. The van der Waals surface area contributed by atoms with Crippen LogP contribution >= 0.6 is 0 Å². The smallest absolute Gasteiger partial charge is 0.166 e. The fraction of sp³-hybridized carbons (Fsp3) is 0.348. The van der Waals surface area contributed by atoms with Crippen LogP contribution in [0.3, 0.4) is 0 Å². The molecule has 0 saturated carbocycles. The number of ketones is 1. The van der Waals surface area contributed by atoms with E-state index in [9.17, 15) is 4.79 Å². The van der Waals surface area contributed by atoms with Crippen LogP contribution in [0.15, 0.2) is 54.1 Å². The zero-order chi connectivity index (χ0) is 17.4. The average molecular weight is 318 g/mol. The molecule has 0 saturated heterocycles. The molecule has 0 N–H and O–H groups in total. The number of hydrogen-bond donors (Lipinski definition) is 0. The van der Waals surface area contributed by atoms with Gasteiger partial charge in [-0.3, -0.25) is 4.79 Å². The van der Waals surface area contributed by atoms with E-state index in [1.807, 2.05) is 25.1 Å². The minimum absolute atomic E-state index is 0.169. The first-order valence-electron chi connectivity index (χ1n) is 8.83. The first-order valence-corrected chi connectivity index (χ1v) is 8.83. The average Bonchev–Trinajstić information content (AvgIpc) is 2.98. The van der Waals surface area contributed by atoms with E-state index in [1.165, 1.54) is 27.8 Å². The van der Waals surface area contributed by atoms with Crippen molar-refractivity contribution in [2.45, 2.75) is 46.5 Å². The summed E-state index contributed by atoms with van der Waals surface area (Å²) in [5, 5.41) is 0. The second-order valence-electron chi connectivity index (χ2n) is 7.15. The maximum atomic E-state index is 11.6. The fourth-order valence-corrected chi connectivity index (χ4v) is 3.85. The molecule has 24 heavy (non-hydrogen) atoms. The zero-order valence-corrected chi connectivity index (χ0v) is 15.3. The van der Waals surface area contributed by atoms with Gasteiger partial charge < -0.3 is 0 Å². The number of Topliss-reactive ketones (excluding diaryl/α,β-unsaturated/α-hetero) is 1. The van der Waals surface area contributed by atoms with E-state index < -0.39 is 0 Å². The molecule has 1 heteroatoms. The predicted octanol–water partition coefficient (Wildman–Crippen LogP) is 6.22. The molecule has 124 valence electrons. The first kappa shape index (κ1) is 16.7. The van der Waals surface area contributed by atoms with Crippen molar-refractivity contribution in [3.05, 3.63) is 76.4 Å². The quantitative estimate of drug-likeness (QED) is 0.563. The Labute approximate surface area is 145 Å². The molecule has 0 aromatic heterocycles. The van der Waals surface area contributed by atoms with Gasteiger partial charge in [0.15, 0.2) is 5.78 Å². The number of benzene rings is 2. The molecule has 2 aliphatic rings. The van der Waals surface area contributed by atoms with E-state index in [0.29, 0.717) is 17.6 Å². The predicted molar refractivity (Wildman–Crippen MR) is 101 cm³/mol. The van der Waals surface area contributed by atoms with Crippen LogP contribution in [0.5, 0.6) is 0 Å². The van der Waals surface area contributed by atoms with Crippen LogP contribution in [0, 0.1) is 5.92 Å². The summed E-state index contributed by atoms with van der Waals surface area (Å²) in [4.78, 5) is 11.6. The van der Waals surface area contributed by atoms with Gasteiger partial charge >= 0.3 is 0 Å². The number of carbonyl (C=O) groups is 1. The Bertz CT molecular complexity index is 812. The standard InChI is InChI=1S/C12H14.C11H12O/c1-8-9(2)11-6-4-5-7-12(11)10(8)3;1-7-8(2)11(12)10-6-4-3-5-9(7)10/h4-7,9H,1-3H3;3-8H,1-2H3. The van der Waals surface area contributed by atoms with Crippen LogP contribution in [0.2, 0.25) is 0 Å². The third kappa shape index (κ3) is 2.62. The van der Waals surface area contributed by atoms with Crippen LogP contribution in [0.1, 0.15) is 73.5 Å². The van der Waals surface area contributed by atoms with E-state index >= 15 is 0 Å². The highest BCUT2D eigenvalue weighted by molar-refractivity contribution is 6.02. The zero-order valence-electron chi connectivity index (χ0n) is 15.3. The Morgan fingerprint density at radius 3 is 1.83 bits per heavy atom. The molecular formula is C23H26O. The van der Waals surface area contributed by atoms with Crippen molar-refractivity contribution < 1.29 is 4.79 Å². The molecule has 2 aliphatic carbocycles. The first-order chi connectivity index (χ1) is 11.4. The Hall–Kier alpha value is -2.15. The Kier molecular flexibility index (Phi) is 4.45. The molecule has 0 heterocycles. The van der Waals surface area contributed by atoms with Crippen LogP contribution in [-0.2, 0) is 0 Å². The number of hydrogen-bond acceptors (Lipinski definition) is 1. The lowest BCUT2D eigenvalue weighted by atomic mass is 9.96. The highest BCUT2D eigenvalue weighted by Gasteiger charge is 2.32. The van der Waals surface area contributed by atoms with Crippen LogP contribution in [-0.4, -0.2) is 5.78 Å². The molecule has 3 atom stereocenters. The van der Waals surface area contributed by atoms with Crippen molar-refractivity contribution in [3.8, 4) is 0 Å². The van der Waals surface area contributed by atoms with Crippen LogP contribution in [0.4, 0.5) is 0 Å². The maximum absolute atomic E-state index is 11.6. The molecule has 0 radical (unpaired) electrons. The minimum atomic E-state index is 0.169. The maximum Gasteiger partial charge on any atom is 0.166 e. The summed E-state index contributed by atoms with van der Waals surface area (Å²) in [6.45, 7) is 10.9. The Morgan fingerprint density at radius 1 is 0.708 bits per heavy atom. The lowest BCUT2D eigenvalue weighted by molar-refractivity contribution is 0.0937. The molecule has 0 bridgehead atoms. The Morgan fingerprint density at radius 2 is 1.25 bits per heavy atom. The third-order valence-corrected chi connectivity index (χ3v) is 5.95. The Balaban J connectivity index is 0.000000141. The summed E-state index contributed by atoms with van der Waals surface area (Å²) >= 11 is 0. The second kappa shape index (κ2) is 6.39. The van der Waals surface area contributed by atoms with E-state index in [4.69, 9.17) is 0 Å². The van der Waals surface area contributed by atoms with Crippen molar-refractivity contribution in [1.29, 1.82) is 0 Å². The summed E-state index contributed by atoms with van der Waals surface area (Å²) < 4.78 is 0. The van der Waals surface area contributed by atoms with Gasteiger partial charge in [0.1, 0.15) is 0 Å². The summed E-state index contributed by atoms with van der Waals surface area (Å²) in [6.07, 6.45) is 0. The van der Waals surface area contributed by atoms with Crippen molar-refractivity contribution in [3.63, 3.8) is 0 Å². The molecule has 0 spiro atoms. The summed E-state index contributed by atoms with van der Waals surface area (Å²) in [5.41, 5.74) is 8.08. The van der Waals surface area contributed by atoms with E-state index in [0.717, 1.165) is 5.56 Å². The van der Waals surface area contributed by atoms with E-state index in [1.54, 1.807) is 0 Å². The molecule has 4 rings (SSSR count). The topological polar surface area (TPSA) is 17.1 Å². The molecule has 2 aromatic rings. The van der Waals surface area contributed by atoms with Gasteiger partial charge in [-0.2, -0.15) is 0 Å². The number of rotatable bonds is 0. The van der Waals surface area contributed by atoms with Crippen LogP contribution < -0.4 is 0 Å². The summed E-state index contributed by atoms with van der Waals surface area (Å²) in [7, 11) is 0. The molecule has 2 aromatic carbocycles. The van der Waals surface area contributed by atoms with Crippen molar-refractivity contribution in [2.75, 3.05) is 0 Å². The third-order valence-electron chi connectivity index (χ3n) is 5.95. The highest BCUT2D eigenvalue weighted by Crippen LogP contribution is 2.40. The minimum Gasteiger partial charge on any atom is -0.294 e. The molecule has 0 fully saturated rings. The van der Waals surface area contributed by atoms with Gasteiger partial charge in [0.25, 0.3) is 0 Å². The van der Waals surface area contributed by atoms with Gasteiger partial charge in [-0.15, -0.1) is 0 Å². The van der Waals surface area contributed by atoms with Crippen molar-refractivity contribution >= 4 is 11.4 Å². The second-order valence-corrected chi connectivity index (χ2v) is 7.15. The van der Waals surface area contributed by atoms with Crippen LogP contribution in [0.25, 0.3) is 5.57 Å². The number of fused-ring (bicyclic) bond motifs is 2. The van der Waals surface area contributed by atoms with Gasteiger partial charge in [0.05, 0.1) is 0 Å². The lowest BCUT2D eigenvalue weighted by Crippen LogP contribution is -2.06. The van der Waals surface area contributed by atoms with Gasteiger partial charge in [0, 0.05) is 17.4 Å². The van der Waals surface area contributed by atoms with E-state index in [2.05, 4.69) is 58.0 Å². The van der Waals surface area contributed by atoms with Gasteiger partial charge in [-0.1, -0.05) is 74.9 Å². The monoisotopic (exact) mass is 318 g/mol. The molecular weight excluding hydrogens is 292 g/mol.